The number of nitrogens with one attached hydrogen (secondary N) is 2. The number of H-pyrrole nitrogens is 1. The summed E-state index contributed by atoms with van der Waals surface area (Å²) < 4.78 is 51.4. The molecule has 1 saturated heterocycles. The summed E-state index contributed by atoms with van der Waals surface area (Å²) in [5.74, 6) is -0.560. The molecule has 0 spiro atoms. The number of hydrogen-bond donors (Lipinski definition) is 3. The molecule has 0 amide bonds. The smallest absolute Gasteiger partial charge is 0.459 e. The Bertz CT molecular complexity index is 1220. The fourth-order valence-electron chi connectivity index (χ4n) is 3.47. The third kappa shape index (κ3) is 6.48. The minimum atomic E-state index is -4.30. The first-order valence-electron chi connectivity index (χ1n) is 11.1. The first-order valence-corrected chi connectivity index (χ1v) is 12.7. The van der Waals surface area contributed by atoms with Gasteiger partial charge < -0.3 is 19.1 Å². The molecule has 1 fully saturated rings. The number of esters is 1. The fourth-order valence-corrected chi connectivity index (χ4v) is 4.97. The Morgan fingerprint density at radius 1 is 1.28 bits per heavy atom. The summed E-state index contributed by atoms with van der Waals surface area (Å²) >= 11 is 0. The Morgan fingerprint density at radius 3 is 2.56 bits per heavy atom. The zero-order chi connectivity index (χ0) is 26.7. The number of aromatic nitrogens is 2. The molecule has 14 heteroatoms. The van der Waals surface area contributed by atoms with Gasteiger partial charge in [-0.3, -0.25) is 23.7 Å². The molecule has 1 aromatic heterocycles. The van der Waals surface area contributed by atoms with E-state index in [-0.39, 0.29) is 5.75 Å². The first kappa shape index (κ1) is 27.8. The van der Waals surface area contributed by atoms with Gasteiger partial charge in [0.25, 0.3) is 5.56 Å². The number of benzene rings is 1. The number of hydrogen-bond acceptors (Lipinski definition) is 9. The van der Waals surface area contributed by atoms with Gasteiger partial charge in [-0.05, 0) is 39.8 Å². The zero-order valence-corrected chi connectivity index (χ0v) is 21.0. The van der Waals surface area contributed by atoms with Crippen LogP contribution in [0.4, 0.5) is 4.39 Å². The van der Waals surface area contributed by atoms with E-state index in [1.807, 2.05) is 4.98 Å². The Morgan fingerprint density at radius 2 is 1.94 bits per heavy atom. The van der Waals surface area contributed by atoms with E-state index in [1.54, 1.807) is 32.0 Å². The van der Waals surface area contributed by atoms with Crippen molar-refractivity contribution < 1.29 is 37.4 Å². The maximum absolute atomic E-state index is 15.4. The van der Waals surface area contributed by atoms with Crippen LogP contribution in [0.15, 0.2) is 52.2 Å². The van der Waals surface area contributed by atoms with Crippen LogP contribution in [0.3, 0.4) is 0 Å². The molecule has 1 aliphatic heterocycles. The summed E-state index contributed by atoms with van der Waals surface area (Å²) in [6.07, 6.45) is -4.21. The van der Waals surface area contributed by atoms with Crippen LogP contribution in [-0.2, 0) is 23.4 Å². The van der Waals surface area contributed by atoms with Crippen LogP contribution in [0.1, 0.15) is 33.9 Å². The second-order valence-electron chi connectivity index (χ2n) is 8.67. The highest BCUT2D eigenvalue weighted by Crippen LogP contribution is 2.47. The number of nitrogens with zero attached hydrogens (tertiary/aromatic N) is 1. The van der Waals surface area contributed by atoms with Crippen molar-refractivity contribution in [2.45, 2.75) is 63.9 Å². The van der Waals surface area contributed by atoms with Gasteiger partial charge in [0.05, 0.1) is 12.7 Å². The number of rotatable bonds is 10. The average Bonchev–Trinajstić information content (AvgIpc) is 3.01. The van der Waals surface area contributed by atoms with Crippen molar-refractivity contribution >= 4 is 13.7 Å². The number of para-hydroxylation sites is 1. The molecule has 1 aliphatic rings. The monoisotopic (exact) mass is 529 g/mol. The Kier molecular flexibility index (Phi) is 8.52. The van der Waals surface area contributed by atoms with E-state index in [9.17, 15) is 24.1 Å². The highest BCUT2D eigenvalue weighted by Gasteiger charge is 2.55. The van der Waals surface area contributed by atoms with E-state index >= 15 is 4.39 Å². The van der Waals surface area contributed by atoms with Gasteiger partial charge in [-0.15, -0.1) is 0 Å². The zero-order valence-electron chi connectivity index (χ0n) is 20.1. The molecular formula is C22H29FN3O9P. The molecule has 0 aliphatic carbocycles. The summed E-state index contributed by atoms with van der Waals surface area (Å²) in [5.41, 5.74) is -4.12. The van der Waals surface area contributed by atoms with Crippen molar-refractivity contribution in [3.05, 3.63) is 63.4 Å². The highest BCUT2D eigenvalue weighted by molar-refractivity contribution is 7.52. The minimum absolute atomic E-state index is 0.152. The quantitative estimate of drug-likeness (QED) is 0.305. The molecular weight excluding hydrogens is 500 g/mol. The Labute approximate surface area is 205 Å². The third-order valence-electron chi connectivity index (χ3n) is 5.26. The van der Waals surface area contributed by atoms with Crippen LogP contribution in [0.5, 0.6) is 5.75 Å². The average molecular weight is 529 g/mol. The van der Waals surface area contributed by atoms with Gasteiger partial charge in [-0.25, -0.2) is 13.8 Å². The number of ether oxygens (including phenoxy) is 2. The molecule has 198 valence electrons. The number of halogens is 1. The lowest BCUT2D eigenvalue weighted by molar-refractivity contribution is -0.149. The Balaban J connectivity index is 1.80. The number of aliphatic hydroxyl groups is 1. The van der Waals surface area contributed by atoms with Crippen molar-refractivity contribution in [3.8, 4) is 5.75 Å². The van der Waals surface area contributed by atoms with Crippen LogP contribution < -0.4 is 20.9 Å². The van der Waals surface area contributed by atoms with E-state index in [1.165, 1.54) is 19.1 Å². The molecule has 2 aromatic rings. The molecule has 6 atom stereocenters. The maximum Gasteiger partial charge on any atom is 0.459 e. The number of carbonyl (C=O) groups is 1. The van der Waals surface area contributed by atoms with Crippen LogP contribution in [0, 0.1) is 0 Å². The normalized spacial score (nSPS) is 26.4. The van der Waals surface area contributed by atoms with Gasteiger partial charge in [0.2, 0.25) is 0 Å². The van der Waals surface area contributed by atoms with Crippen LogP contribution in [0.25, 0.3) is 0 Å². The van der Waals surface area contributed by atoms with Gasteiger partial charge in [-0.1, -0.05) is 18.2 Å². The van der Waals surface area contributed by atoms with Crippen LogP contribution >= 0.6 is 7.75 Å². The maximum atomic E-state index is 15.4. The number of alkyl halides is 1. The second-order valence-corrected chi connectivity index (χ2v) is 10.4. The summed E-state index contributed by atoms with van der Waals surface area (Å²) in [5, 5.41) is 13.0. The molecule has 1 unspecified atom stereocenters. The van der Waals surface area contributed by atoms with E-state index in [0.29, 0.717) is 0 Å². The lowest BCUT2D eigenvalue weighted by Crippen LogP contribution is -2.43. The van der Waals surface area contributed by atoms with E-state index < -0.39 is 67.8 Å². The van der Waals surface area contributed by atoms with E-state index in [0.717, 1.165) is 23.8 Å². The van der Waals surface area contributed by atoms with E-state index in [2.05, 4.69) is 5.09 Å². The summed E-state index contributed by atoms with van der Waals surface area (Å²) in [4.78, 5) is 37.7. The lowest BCUT2D eigenvalue weighted by Gasteiger charge is -2.25. The van der Waals surface area contributed by atoms with Crippen LogP contribution in [-0.4, -0.2) is 57.3 Å². The molecule has 0 radical (unpaired) electrons. The molecule has 0 saturated carbocycles. The van der Waals surface area contributed by atoms with Crippen molar-refractivity contribution in [3.63, 3.8) is 0 Å². The standard InChI is InChI=1S/C22H29FN3O9P/c1-13(2)33-19(29)14(3)25-36(31,35-15-8-6-5-7-9-15)32-12-16-18(28)22(4,23)20(34-16)26-11-10-17(27)24-21(26)30/h5-11,13-14,16,18,20,28H,12H2,1-4H3,(H,25,31)(H,24,27,30)/t14-,16?,18+,20+,22-,36-/m0/s1. The first-order chi connectivity index (χ1) is 16.8. The van der Waals surface area contributed by atoms with Crippen LogP contribution in [0.2, 0.25) is 0 Å². The molecule has 3 rings (SSSR count). The minimum Gasteiger partial charge on any atom is -0.462 e. The van der Waals surface area contributed by atoms with Gasteiger partial charge in [0.1, 0.15) is 24.0 Å². The SMILES string of the molecule is CC(C)OC(=O)[C@H](C)N[P@](=O)(OCC1O[C@@H](n2ccc(=O)[nH]c2=O)[C@@](C)(F)[C@@H]1O)Oc1ccccc1. The van der Waals surface area contributed by atoms with Gasteiger partial charge in [-0.2, -0.15) is 5.09 Å². The lowest BCUT2D eigenvalue weighted by atomic mass is 9.98. The van der Waals surface area contributed by atoms with Crippen molar-refractivity contribution in [1.29, 1.82) is 0 Å². The largest absolute Gasteiger partial charge is 0.462 e. The topological polar surface area (TPSA) is 158 Å². The summed E-state index contributed by atoms with van der Waals surface area (Å²) in [7, 11) is -4.30. The third-order valence-corrected chi connectivity index (χ3v) is 6.90. The van der Waals surface area contributed by atoms with Gasteiger partial charge >= 0.3 is 19.4 Å². The van der Waals surface area contributed by atoms with Crippen molar-refractivity contribution in [2.24, 2.45) is 0 Å². The van der Waals surface area contributed by atoms with Gasteiger partial charge in [0.15, 0.2) is 11.9 Å². The molecule has 12 nitrogen and oxygen atoms in total. The molecule has 1 aromatic carbocycles. The number of carbonyl (C=O) groups excluding carboxylic acids is 1. The summed E-state index contributed by atoms with van der Waals surface area (Å²) in [6.45, 7) is 5.07. The van der Waals surface area contributed by atoms with Crippen molar-refractivity contribution in [1.82, 2.24) is 14.6 Å². The number of aliphatic hydroxyl groups excluding tert-OH is 1. The Hall–Kier alpha value is -2.83. The fraction of sp³-hybridized carbons (Fsp3) is 0.500. The highest BCUT2D eigenvalue weighted by atomic mass is 31.2. The number of aromatic amines is 1. The predicted molar refractivity (Wildman–Crippen MR) is 125 cm³/mol. The molecule has 0 bridgehead atoms. The van der Waals surface area contributed by atoms with Gasteiger partial charge in [0, 0.05) is 12.3 Å². The molecule has 36 heavy (non-hydrogen) atoms. The van der Waals surface area contributed by atoms with E-state index in [4.69, 9.17) is 18.5 Å². The predicted octanol–water partition coefficient (Wildman–Crippen LogP) is 1.66. The van der Waals surface area contributed by atoms with Crippen molar-refractivity contribution in [2.75, 3.05) is 6.61 Å². The molecule has 3 N–H and O–H groups in total. The molecule has 2 heterocycles. The summed E-state index contributed by atoms with van der Waals surface area (Å²) in [6, 6.07) is 7.86. The second kappa shape index (κ2) is 11.1.